The molecule has 150 valence electrons. The highest BCUT2D eigenvalue weighted by Gasteiger charge is 2.54. The molecule has 0 amide bonds. The second-order valence-corrected chi connectivity index (χ2v) is 10.0. The molecule has 0 heterocycles. The molecule has 28 heavy (non-hydrogen) atoms. The van der Waals surface area contributed by atoms with Gasteiger partial charge in [0.05, 0.1) is 10.4 Å². The third kappa shape index (κ3) is 3.91. The highest BCUT2D eigenvalue weighted by molar-refractivity contribution is 14.1. The Labute approximate surface area is 174 Å². The van der Waals surface area contributed by atoms with Gasteiger partial charge in [0.1, 0.15) is 5.82 Å². The summed E-state index contributed by atoms with van der Waals surface area (Å²) in [6.45, 7) is 3.52. The van der Waals surface area contributed by atoms with Crippen molar-refractivity contribution >= 4 is 38.3 Å². The van der Waals surface area contributed by atoms with Crippen molar-refractivity contribution in [3.63, 3.8) is 0 Å². The van der Waals surface area contributed by atoms with Crippen LogP contribution in [0.5, 0.6) is 0 Å². The van der Waals surface area contributed by atoms with Crippen LogP contribution in [0, 0.1) is 26.8 Å². The summed E-state index contributed by atoms with van der Waals surface area (Å²) in [6, 6.07) is 4.38. The molecule has 1 aliphatic carbocycles. The van der Waals surface area contributed by atoms with Crippen molar-refractivity contribution in [1.82, 2.24) is 0 Å². The molecule has 0 bridgehead atoms. The van der Waals surface area contributed by atoms with Gasteiger partial charge in [0.2, 0.25) is 10.0 Å². The highest BCUT2D eigenvalue weighted by Crippen LogP contribution is 2.47. The van der Waals surface area contributed by atoms with Gasteiger partial charge in [0.25, 0.3) is 0 Å². The Morgan fingerprint density at radius 2 is 1.79 bits per heavy atom. The number of hydrogen-bond donors (Lipinski definition) is 1. The first kappa shape index (κ1) is 21.1. The van der Waals surface area contributed by atoms with Gasteiger partial charge in [-0.3, -0.25) is 4.72 Å². The lowest BCUT2D eigenvalue weighted by Gasteiger charge is -2.19. The van der Waals surface area contributed by atoms with Crippen LogP contribution < -0.4 is 4.72 Å². The summed E-state index contributed by atoms with van der Waals surface area (Å²) in [5, 5.41) is 0. The van der Waals surface area contributed by atoms with Gasteiger partial charge in [-0.05, 0) is 59.5 Å². The molecule has 0 aromatic heterocycles. The maximum Gasteiger partial charge on any atom is 0.238 e. The fraction of sp³-hybridized carbons (Fsp3) is 0.263. The first-order valence-electron chi connectivity index (χ1n) is 8.34. The molecular weight excluding hydrogens is 509 g/mol. The summed E-state index contributed by atoms with van der Waals surface area (Å²) in [4.78, 5) is 0. The van der Waals surface area contributed by atoms with Crippen LogP contribution in [0.2, 0.25) is 0 Å². The molecule has 2 aromatic rings. The lowest BCUT2D eigenvalue weighted by molar-refractivity contribution is 0.487. The Balaban J connectivity index is 2.06. The first-order chi connectivity index (χ1) is 13.1. The number of halogens is 5. The van der Waals surface area contributed by atoms with E-state index in [-0.39, 0.29) is 18.1 Å². The Hall–Kier alpha value is -1.62. The summed E-state index contributed by atoms with van der Waals surface area (Å²) < 4.78 is 83.8. The van der Waals surface area contributed by atoms with Crippen LogP contribution in [0.4, 0.5) is 23.2 Å². The van der Waals surface area contributed by atoms with Gasteiger partial charge in [0.15, 0.2) is 17.5 Å². The normalized spacial score (nSPS) is 15.3. The minimum atomic E-state index is -4.09. The maximum absolute atomic E-state index is 14.5. The smallest absolute Gasteiger partial charge is 0.238 e. The van der Waals surface area contributed by atoms with Crippen molar-refractivity contribution in [3.8, 4) is 0 Å². The average Bonchev–Trinajstić information content (AvgIpc) is 3.39. The summed E-state index contributed by atoms with van der Waals surface area (Å²) in [5.74, 6) is -4.85. The lowest BCUT2D eigenvalue weighted by atomic mass is 10.0. The predicted octanol–water partition coefficient (Wildman–Crippen LogP) is 5.29. The van der Waals surface area contributed by atoms with Gasteiger partial charge in [-0.25, -0.2) is 26.0 Å². The van der Waals surface area contributed by atoms with Crippen molar-refractivity contribution in [1.29, 1.82) is 0 Å². The van der Waals surface area contributed by atoms with Crippen molar-refractivity contribution in [3.05, 3.63) is 74.9 Å². The second kappa shape index (κ2) is 7.66. The fourth-order valence-electron chi connectivity index (χ4n) is 3.00. The van der Waals surface area contributed by atoms with E-state index in [1.54, 1.807) is 6.07 Å². The number of rotatable bonds is 7. The largest absolute Gasteiger partial charge is 0.280 e. The van der Waals surface area contributed by atoms with E-state index >= 15 is 0 Å². The minimum absolute atomic E-state index is 0.0167. The third-order valence-corrected chi connectivity index (χ3v) is 7.64. The molecule has 0 unspecified atom stereocenters. The molecule has 1 fully saturated rings. The zero-order chi connectivity index (χ0) is 20.7. The van der Waals surface area contributed by atoms with E-state index < -0.39 is 55.7 Å². The molecule has 3 rings (SSSR count). The Morgan fingerprint density at radius 1 is 1.11 bits per heavy atom. The van der Waals surface area contributed by atoms with Crippen molar-refractivity contribution < 1.29 is 26.0 Å². The van der Waals surface area contributed by atoms with E-state index in [0.717, 1.165) is 0 Å². The Morgan fingerprint density at radius 3 is 2.36 bits per heavy atom. The van der Waals surface area contributed by atoms with E-state index in [9.17, 15) is 26.0 Å². The zero-order valence-corrected chi connectivity index (χ0v) is 17.5. The van der Waals surface area contributed by atoms with Crippen LogP contribution in [-0.4, -0.2) is 13.2 Å². The molecule has 1 saturated carbocycles. The van der Waals surface area contributed by atoms with E-state index in [1.807, 2.05) is 22.6 Å². The van der Waals surface area contributed by atoms with E-state index in [4.69, 9.17) is 0 Å². The molecule has 0 aliphatic heterocycles. The zero-order valence-electron chi connectivity index (χ0n) is 14.5. The van der Waals surface area contributed by atoms with Gasteiger partial charge in [-0.2, -0.15) is 0 Å². The quantitative estimate of drug-likeness (QED) is 0.231. The van der Waals surface area contributed by atoms with Crippen LogP contribution in [0.25, 0.3) is 0 Å². The average molecular weight is 525 g/mol. The van der Waals surface area contributed by atoms with Crippen LogP contribution in [-0.2, 0) is 16.4 Å². The summed E-state index contributed by atoms with van der Waals surface area (Å²) in [5.41, 5.74) is -1.31. The standard InChI is InChI=1S/C19H16F4INO2S/c1-2-5-19(6-7-19)28(26,27)25-18-13(17(23)15(21)10-16(18)22)8-11-3-4-12(24)9-14(11)20/h2-4,9-10,25H,1,5-8H2. The monoisotopic (exact) mass is 525 g/mol. The SMILES string of the molecule is C=CCC1(S(=O)(=O)Nc2c(F)cc(F)c(F)c2Cc2ccc(I)cc2F)CC1. The van der Waals surface area contributed by atoms with Crippen molar-refractivity contribution in [2.45, 2.75) is 30.4 Å². The van der Waals surface area contributed by atoms with Gasteiger partial charge >= 0.3 is 0 Å². The highest BCUT2D eigenvalue weighted by atomic mass is 127. The molecule has 1 aliphatic rings. The van der Waals surface area contributed by atoms with Gasteiger partial charge in [-0.15, -0.1) is 6.58 Å². The fourth-order valence-corrected chi connectivity index (χ4v) is 5.14. The van der Waals surface area contributed by atoms with Gasteiger partial charge < -0.3 is 0 Å². The van der Waals surface area contributed by atoms with Crippen LogP contribution in [0.1, 0.15) is 30.4 Å². The molecule has 1 N–H and O–H groups in total. The van der Waals surface area contributed by atoms with E-state index in [1.165, 1.54) is 18.2 Å². The van der Waals surface area contributed by atoms with E-state index in [0.29, 0.717) is 16.4 Å². The van der Waals surface area contributed by atoms with Crippen LogP contribution in [0.15, 0.2) is 36.9 Å². The number of anilines is 1. The third-order valence-electron chi connectivity index (χ3n) is 4.78. The molecular formula is C19H16F4INO2S. The summed E-state index contributed by atoms with van der Waals surface area (Å²) in [7, 11) is -4.09. The second-order valence-electron chi connectivity index (χ2n) is 6.70. The summed E-state index contributed by atoms with van der Waals surface area (Å²) in [6.07, 6.45) is 1.77. The number of sulfonamides is 1. The molecule has 0 radical (unpaired) electrons. The van der Waals surface area contributed by atoms with Crippen molar-refractivity contribution in [2.24, 2.45) is 0 Å². The maximum atomic E-state index is 14.5. The molecule has 3 nitrogen and oxygen atoms in total. The molecule has 0 saturated heterocycles. The van der Waals surface area contributed by atoms with Crippen LogP contribution >= 0.6 is 22.6 Å². The lowest BCUT2D eigenvalue weighted by Crippen LogP contribution is -2.30. The summed E-state index contributed by atoms with van der Waals surface area (Å²) >= 11 is 1.88. The Kier molecular flexibility index (Phi) is 5.77. The minimum Gasteiger partial charge on any atom is -0.280 e. The van der Waals surface area contributed by atoms with Crippen molar-refractivity contribution in [2.75, 3.05) is 4.72 Å². The number of benzene rings is 2. The topological polar surface area (TPSA) is 46.2 Å². The predicted molar refractivity (Wildman–Crippen MR) is 108 cm³/mol. The Bertz CT molecular complexity index is 1050. The molecule has 9 heteroatoms. The number of nitrogens with one attached hydrogen (secondary N) is 1. The van der Waals surface area contributed by atoms with Gasteiger partial charge in [-0.1, -0.05) is 12.1 Å². The first-order valence-corrected chi connectivity index (χ1v) is 10.9. The number of hydrogen-bond acceptors (Lipinski definition) is 2. The van der Waals surface area contributed by atoms with Gasteiger partial charge in [0, 0.05) is 21.6 Å². The van der Waals surface area contributed by atoms with E-state index in [2.05, 4.69) is 11.3 Å². The molecule has 0 atom stereocenters. The number of allylic oxidation sites excluding steroid dienone is 1. The van der Waals surface area contributed by atoms with Crippen LogP contribution in [0.3, 0.4) is 0 Å². The molecule has 0 spiro atoms. The molecule has 2 aromatic carbocycles.